The zero-order valence-electron chi connectivity index (χ0n) is 17.4. The molecule has 1 aromatic rings. The molecule has 3 rings (SSSR count). The summed E-state index contributed by atoms with van der Waals surface area (Å²) >= 11 is 0. The zero-order valence-corrected chi connectivity index (χ0v) is 17.4. The second-order valence-electron chi connectivity index (χ2n) is 8.37. The fourth-order valence-electron chi connectivity index (χ4n) is 4.18. The summed E-state index contributed by atoms with van der Waals surface area (Å²) in [5.41, 5.74) is 1.08. The minimum Gasteiger partial charge on any atom is -0.505 e. The number of phenols is 1. The molecule has 1 aromatic carbocycles. The monoisotopic (exact) mass is 401 g/mol. The Kier molecular flexibility index (Phi) is 6.47. The van der Waals surface area contributed by atoms with E-state index in [1.165, 1.54) is 43.1 Å². The topological polar surface area (TPSA) is 102 Å². The Labute approximate surface area is 171 Å². The van der Waals surface area contributed by atoms with Crippen molar-refractivity contribution < 1.29 is 19.8 Å². The van der Waals surface area contributed by atoms with E-state index in [1.54, 1.807) is 26.2 Å². The maximum atomic E-state index is 12.2. The number of para-hydroxylation sites is 1. The number of carbonyl (C=O) groups excluding carboxylic acids is 2. The standard InChI is InChI=1S/C22H31N3O4/c1-13(12-14-8-5-4-6-9-14)23-17-18(21(28)20(17)27)24-16-11-7-10-15(19(16)26)22(29)25(2)3/h7,10-11,13-14,20,23-24,26-27H,4-6,8-9,12H2,1-3H3/t13-,20?/m1/s1. The van der Waals surface area contributed by atoms with E-state index in [1.807, 2.05) is 0 Å². The van der Waals surface area contributed by atoms with E-state index in [0.717, 1.165) is 6.42 Å². The third-order valence-corrected chi connectivity index (χ3v) is 5.78. The van der Waals surface area contributed by atoms with Crippen molar-refractivity contribution in [2.45, 2.75) is 57.6 Å². The highest BCUT2D eigenvalue weighted by molar-refractivity contribution is 6.11. The van der Waals surface area contributed by atoms with Gasteiger partial charge in [0.2, 0.25) is 5.78 Å². The molecule has 0 aromatic heterocycles. The first kappa shape index (κ1) is 21.2. The van der Waals surface area contributed by atoms with Crippen molar-refractivity contribution in [3.63, 3.8) is 0 Å². The van der Waals surface area contributed by atoms with Crippen LogP contribution in [-0.2, 0) is 4.79 Å². The van der Waals surface area contributed by atoms with Crippen molar-refractivity contribution in [2.75, 3.05) is 19.4 Å². The van der Waals surface area contributed by atoms with Crippen molar-refractivity contribution in [3.8, 4) is 5.75 Å². The van der Waals surface area contributed by atoms with E-state index in [9.17, 15) is 19.8 Å². The van der Waals surface area contributed by atoms with Gasteiger partial charge in [-0.1, -0.05) is 38.2 Å². The number of nitrogens with one attached hydrogen (secondary N) is 2. The summed E-state index contributed by atoms with van der Waals surface area (Å²) in [6, 6.07) is 4.89. The van der Waals surface area contributed by atoms with Crippen molar-refractivity contribution in [3.05, 3.63) is 35.2 Å². The van der Waals surface area contributed by atoms with Crippen molar-refractivity contribution >= 4 is 17.4 Å². The summed E-state index contributed by atoms with van der Waals surface area (Å²) in [7, 11) is 3.21. The Balaban J connectivity index is 1.74. The lowest BCUT2D eigenvalue weighted by Gasteiger charge is -2.33. The minimum atomic E-state index is -1.18. The second kappa shape index (κ2) is 8.86. The van der Waals surface area contributed by atoms with Gasteiger partial charge in [0, 0.05) is 20.1 Å². The highest BCUT2D eigenvalue weighted by Gasteiger charge is 2.39. The highest BCUT2D eigenvalue weighted by atomic mass is 16.3. The Morgan fingerprint density at radius 1 is 1.24 bits per heavy atom. The number of ketones is 1. The first-order valence-corrected chi connectivity index (χ1v) is 10.3. The lowest BCUT2D eigenvalue weighted by Crippen LogP contribution is -2.48. The smallest absolute Gasteiger partial charge is 0.257 e. The quantitative estimate of drug-likeness (QED) is 0.524. The van der Waals surface area contributed by atoms with Crippen molar-refractivity contribution in [1.29, 1.82) is 0 Å². The van der Waals surface area contributed by atoms with Gasteiger partial charge in [0.05, 0.1) is 16.9 Å². The van der Waals surface area contributed by atoms with Gasteiger partial charge < -0.3 is 25.7 Å². The average molecular weight is 402 g/mol. The first-order valence-electron chi connectivity index (χ1n) is 10.3. The molecule has 0 saturated heterocycles. The van der Waals surface area contributed by atoms with Gasteiger partial charge in [-0.25, -0.2) is 0 Å². The molecule has 1 amide bonds. The third-order valence-electron chi connectivity index (χ3n) is 5.78. The number of carbonyl (C=O) groups is 2. The number of hydrogen-bond acceptors (Lipinski definition) is 6. The summed E-state index contributed by atoms with van der Waals surface area (Å²) < 4.78 is 0. The molecule has 0 radical (unpaired) electrons. The van der Waals surface area contributed by atoms with Gasteiger partial charge in [-0.05, 0) is 31.4 Å². The van der Waals surface area contributed by atoms with Gasteiger partial charge in [-0.2, -0.15) is 0 Å². The van der Waals surface area contributed by atoms with Gasteiger partial charge in [0.15, 0.2) is 11.9 Å². The highest BCUT2D eigenvalue weighted by Crippen LogP contribution is 2.33. The van der Waals surface area contributed by atoms with E-state index in [-0.39, 0.29) is 34.6 Å². The van der Waals surface area contributed by atoms with Crippen molar-refractivity contribution in [1.82, 2.24) is 10.2 Å². The Morgan fingerprint density at radius 2 is 1.93 bits per heavy atom. The summed E-state index contributed by atoms with van der Waals surface area (Å²) in [6.45, 7) is 2.06. The molecule has 0 spiro atoms. The van der Waals surface area contributed by atoms with Crippen LogP contribution in [0.15, 0.2) is 29.6 Å². The van der Waals surface area contributed by atoms with E-state index in [2.05, 4.69) is 17.6 Å². The molecule has 2 aliphatic carbocycles. The van der Waals surface area contributed by atoms with Crippen molar-refractivity contribution in [2.24, 2.45) is 5.92 Å². The number of rotatable bonds is 7. The molecule has 2 aliphatic rings. The Bertz CT molecular complexity index is 812. The van der Waals surface area contributed by atoms with Crippen LogP contribution in [0.1, 0.15) is 55.8 Å². The van der Waals surface area contributed by atoms with Crippen LogP contribution in [0.3, 0.4) is 0 Å². The molecule has 4 N–H and O–H groups in total. The number of aliphatic hydroxyl groups is 1. The second-order valence-corrected chi connectivity index (χ2v) is 8.37. The number of aromatic hydroxyl groups is 1. The molecule has 7 heteroatoms. The molecule has 0 heterocycles. The molecule has 1 saturated carbocycles. The predicted octanol–water partition coefficient (Wildman–Crippen LogP) is 2.61. The molecule has 7 nitrogen and oxygen atoms in total. The molecule has 2 atom stereocenters. The predicted molar refractivity (Wildman–Crippen MR) is 112 cm³/mol. The van der Waals surface area contributed by atoms with E-state index in [0.29, 0.717) is 11.6 Å². The van der Waals surface area contributed by atoms with Crippen LogP contribution >= 0.6 is 0 Å². The third kappa shape index (κ3) is 4.56. The van der Waals surface area contributed by atoms with Gasteiger partial charge in [0.25, 0.3) is 5.91 Å². The van der Waals surface area contributed by atoms with Gasteiger partial charge >= 0.3 is 0 Å². The molecular weight excluding hydrogens is 370 g/mol. The molecule has 1 unspecified atom stereocenters. The zero-order chi connectivity index (χ0) is 21.1. The summed E-state index contributed by atoms with van der Waals surface area (Å²) in [5.74, 6) is -0.308. The number of anilines is 1. The summed E-state index contributed by atoms with van der Waals surface area (Å²) in [6.07, 6.45) is 6.14. The van der Waals surface area contributed by atoms with E-state index >= 15 is 0 Å². The van der Waals surface area contributed by atoms with Gasteiger partial charge in [0.1, 0.15) is 5.70 Å². The Hall–Kier alpha value is -2.54. The van der Waals surface area contributed by atoms with Gasteiger partial charge in [-0.3, -0.25) is 9.59 Å². The van der Waals surface area contributed by atoms with Crippen LogP contribution in [0.5, 0.6) is 5.75 Å². The summed E-state index contributed by atoms with van der Waals surface area (Å²) in [5, 5.41) is 26.8. The largest absolute Gasteiger partial charge is 0.505 e. The van der Waals surface area contributed by atoms with Gasteiger partial charge in [-0.15, -0.1) is 0 Å². The maximum Gasteiger partial charge on any atom is 0.257 e. The number of benzene rings is 1. The Morgan fingerprint density at radius 3 is 2.59 bits per heavy atom. The van der Waals surface area contributed by atoms with Crippen LogP contribution in [-0.4, -0.2) is 53.0 Å². The number of aliphatic hydroxyl groups excluding tert-OH is 1. The van der Waals surface area contributed by atoms with Crippen LogP contribution < -0.4 is 10.6 Å². The number of nitrogens with zero attached hydrogens (tertiary/aromatic N) is 1. The molecule has 1 fully saturated rings. The molecule has 0 bridgehead atoms. The number of Topliss-reactive ketones (excluding diaryl/α,β-unsaturated/α-hetero) is 1. The number of hydrogen-bond donors (Lipinski definition) is 4. The molecular formula is C22H31N3O4. The first-order chi connectivity index (χ1) is 13.8. The maximum absolute atomic E-state index is 12.2. The van der Waals surface area contributed by atoms with E-state index in [4.69, 9.17) is 0 Å². The van der Waals surface area contributed by atoms with Crippen LogP contribution in [0.25, 0.3) is 0 Å². The number of phenolic OH excluding ortho intramolecular Hbond substituents is 1. The summed E-state index contributed by atoms with van der Waals surface area (Å²) in [4.78, 5) is 25.8. The fourth-order valence-corrected chi connectivity index (χ4v) is 4.18. The average Bonchev–Trinajstić information content (AvgIpc) is 2.71. The SMILES string of the molecule is C[C@H](CC1CCCCC1)NC1=C(Nc2cccc(C(=O)N(C)C)c2O)C(=O)C1O. The molecule has 0 aliphatic heterocycles. The van der Waals surface area contributed by atoms with Crippen LogP contribution in [0, 0.1) is 5.92 Å². The lowest BCUT2D eigenvalue weighted by atomic mass is 9.84. The molecule has 158 valence electrons. The van der Waals surface area contributed by atoms with E-state index < -0.39 is 11.9 Å². The lowest BCUT2D eigenvalue weighted by molar-refractivity contribution is -0.124. The minimum absolute atomic E-state index is 0.128. The van der Waals surface area contributed by atoms with Crippen LogP contribution in [0.4, 0.5) is 5.69 Å². The van der Waals surface area contributed by atoms with Crippen LogP contribution in [0.2, 0.25) is 0 Å². The normalized spacial score (nSPS) is 20.8. The number of amides is 1. The fraction of sp³-hybridized carbons (Fsp3) is 0.545. The molecule has 29 heavy (non-hydrogen) atoms.